The highest BCUT2D eigenvalue weighted by Crippen LogP contribution is 2.18. The summed E-state index contributed by atoms with van der Waals surface area (Å²) in [7, 11) is 0. The highest BCUT2D eigenvalue weighted by Gasteiger charge is 2.10. The van der Waals surface area contributed by atoms with E-state index in [1.54, 1.807) is 0 Å². The Morgan fingerprint density at radius 1 is 0.727 bits per heavy atom. The number of carbonyl (C=O) groups excluding carboxylic acids is 1. The number of Topliss-reactive ketones (excluding diaryl/α,β-unsaturated/α-hetero) is 1. The fourth-order valence-corrected chi connectivity index (χ4v) is 2.99. The van der Waals surface area contributed by atoms with Gasteiger partial charge in [-0.05, 0) is 49.9 Å². The van der Waals surface area contributed by atoms with Crippen LogP contribution in [0.2, 0.25) is 0 Å². The lowest BCUT2D eigenvalue weighted by atomic mass is 9.95. The lowest BCUT2D eigenvalue weighted by Gasteiger charge is -2.09. The minimum atomic E-state index is 0.323. The summed E-state index contributed by atoms with van der Waals surface area (Å²) in [6.45, 7) is 8.51. The van der Waals surface area contributed by atoms with E-state index >= 15 is 0 Å². The molecule has 0 unspecified atom stereocenters. The van der Waals surface area contributed by atoms with Gasteiger partial charge in [-0.25, -0.2) is 0 Å². The molecule has 1 aromatic rings. The van der Waals surface area contributed by atoms with Crippen molar-refractivity contribution in [3.63, 3.8) is 0 Å². The van der Waals surface area contributed by atoms with Crippen molar-refractivity contribution >= 4 is 5.78 Å². The standard InChI is InChI=1S/C21H34O/c1-5-6-7-8-9-10-11-12-13-14-21(22)20-16-18(3)17(2)15-19(20)4/h15-16H,5-14H2,1-4H3. The van der Waals surface area contributed by atoms with Crippen molar-refractivity contribution in [3.8, 4) is 0 Å². The first-order valence-electron chi connectivity index (χ1n) is 9.17. The summed E-state index contributed by atoms with van der Waals surface area (Å²) in [5.41, 5.74) is 4.56. The minimum absolute atomic E-state index is 0.323. The molecule has 0 aliphatic heterocycles. The first kappa shape index (κ1) is 18.9. The van der Waals surface area contributed by atoms with Crippen molar-refractivity contribution in [1.29, 1.82) is 0 Å². The minimum Gasteiger partial charge on any atom is -0.294 e. The zero-order valence-electron chi connectivity index (χ0n) is 15.1. The van der Waals surface area contributed by atoms with E-state index in [-0.39, 0.29) is 0 Å². The van der Waals surface area contributed by atoms with Gasteiger partial charge in [0.2, 0.25) is 0 Å². The number of unbranched alkanes of at least 4 members (excludes halogenated alkanes) is 8. The second kappa shape index (κ2) is 10.6. The number of hydrogen-bond donors (Lipinski definition) is 0. The van der Waals surface area contributed by atoms with Crippen molar-refractivity contribution < 1.29 is 4.79 Å². The first-order valence-corrected chi connectivity index (χ1v) is 9.17. The molecule has 1 rings (SSSR count). The van der Waals surface area contributed by atoms with Crippen molar-refractivity contribution in [1.82, 2.24) is 0 Å². The quantitative estimate of drug-likeness (QED) is 0.328. The highest BCUT2D eigenvalue weighted by molar-refractivity contribution is 5.97. The third-order valence-electron chi connectivity index (χ3n) is 4.65. The van der Waals surface area contributed by atoms with Gasteiger partial charge in [-0.15, -0.1) is 0 Å². The second-order valence-corrected chi connectivity index (χ2v) is 6.75. The number of carbonyl (C=O) groups is 1. The molecule has 0 radical (unpaired) electrons. The molecule has 0 spiro atoms. The Morgan fingerprint density at radius 3 is 1.82 bits per heavy atom. The molecule has 0 fully saturated rings. The Kier molecular flexibility index (Phi) is 9.11. The fraction of sp³-hybridized carbons (Fsp3) is 0.667. The molecule has 0 aliphatic carbocycles. The van der Waals surface area contributed by atoms with E-state index in [4.69, 9.17) is 0 Å². The molecule has 0 aromatic heterocycles. The predicted octanol–water partition coefficient (Wildman–Crippen LogP) is 6.72. The molecular formula is C21H34O. The number of hydrogen-bond acceptors (Lipinski definition) is 1. The van der Waals surface area contributed by atoms with Crippen LogP contribution in [0, 0.1) is 20.8 Å². The van der Waals surface area contributed by atoms with E-state index in [2.05, 4.69) is 39.8 Å². The summed E-state index contributed by atoms with van der Waals surface area (Å²) in [5.74, 6) is 0.323. The monoisotopic (exact) mass is 302 g/mol. The van der Waals surface area contributed by atoms with Crippen LogP contribution in [0.3, 0.4) is 0 Å². The van der Waals surface area contributed by atoms with Gasteiger partial charge in [-0.2, -0.15) is 0 Å². The van der Waals surface area contributed by atoms with Gasteiger partial charge in [0, 0.05) is 12.0 Å². The topological polar surface area (TPSA) is 17.1 Å². The van der Waals surface area contributed by atoms with Gasteiger partial charge in [0.15, 0.2) is 5.78 Å². The van der Waals surface area contributed by atoms with E-state index in [0.717, 1.165) is 17.5 Å². The van der Waals surface area contributed by atoms with Crippen molar-refractivity contribution in [2.24, 2.45) is 0 Å². The van der Waals surface area contributed by atoms with Crippen LogP contribution < -0.4 is 0 Å². The Morgan fingerprint density at radius 2 is 1.23 bits per heavy atom. The van der Waals surface area contributed by atoms with E-state index in [0.29, 0.717) is 12.2 Å². The van der Waals surface area contributed by atoms with Gasteiger partial charge in [-0.1, -0.05) is 64.4 Å². The van der Waals surface area contributed by atoms with E-state index in [1.165, 1.54) is 62.5 Å². The Balaban J connectivity index is 2.20. The van der Waals surface area contributed by atoms with Gasteiger partial charge >= 0.3 is 0 Å². The van der Waals surface area contributed by atoms with Gasteiger partial charge < -0.3 is 0 Å². The molecule has 1 nitrogen and oxygen atoms in total. The molecule has 0 atom stereocenters. The maximum Gasteiger partial charge on any atom is 0.163 e. The van der Waals surface area contributed by atoms with E-state index < -0.39 is 0 Å². The summed E-state index contributed by atoms with van der Waals surface area (Å²) < 4.78 is 0. The van der Waals surface area contributed by atoms with Crippen LogP contribution in [0.5, 0.6) is 0 Å². The normalized spacial score (nSPS) is 10.9. The zero-order chi connectivity index (χ0) is 16.4. The van der Waals surface area contributed by atoms with Crippen LogP contribution in [0.15, 0.2) is 12.1 Å². The summed E-state index contributed by atoms with van der Waals surface area (Å²) >= 11 is 0. The van der Waals surface area contributed by atoms with Crippen LogP contribution in [0.4, 0.5) is 0 Å². The molecular weight excluding hydrogens is 268 g/mol. The zero-order valence-corrected chi connectivity index (χ0v) is 15.1. The summed E-state index contributed by atoms with van der Waals surface area (Å²) in [4.78, 5) is 12.3. The smallest absolute Gasteiger partial charge is 0.163 e. The van der Waals surface area contributed by atoms with Crippen molar-refractivity contribution in [3.05, 3.63) is 34.4 Å². The lowest BCUT2D eigenvalue weighted by Crippen LogP contribution is -2.03. The molecule has 0 heterocycles. The maximum absolute atomic E-state index is 12.3. The van der Waals surface area contributed by atoms with Gasteiger partial charge in [0.05, 0.1) is 0 Å². The van der Waals surface area contributed by atoms with Crippen LogP contribution >= 0.6 is 0 Å². The predicted molar refractivity (Wildman–Crippen MR) is 96.8 cm³/mol. The van der Waals surface area contributed by atoms with Crippen molar-refractivity contribution in [2.75, 3.05) is 0 Å². The summed E-state index contributed by atoms with van der Waals surface area (Å²) in [6.07, 6.45) is 12.4. The first-order chi connectivity index (χ1) is 10.6. The van der Waals surface area contributed by atoms with Gasteiger partial charge in [-0.3, -0.25) is 4.79 Å². The molecule has 0 amide bonds. The maximum atomic E-state index is 12.3. The van der Waals surface area contributed by atoms with E-state index in [9.17, 15) is 4.79 Å². The lowest BCUT2D eigenvalue weighted by molar-refractivity contribution is 0.0978. The Hall–Kier alpha value is -1.11. The average Bonchev–Trinajstić information content (AvgIpc) is 2.49. The third kappa shape index (κ3) is 6.77. The molecule has 0 saturated heterocycles. The number of ketones is 1. The highest BCUT2D eigenvalue weighted by atomic mass is 16.1. The van der Waals surface area contributed by atoms with Crippen LogP contribution in [0.25, 0.3) is 0 Å². The Bertz CT molecular complexity index is 459. The molecule has 1 aromatic carbocycles. The average molecular weight is 303 g/mol. The molecule has 0 saturated carbocycles. The van der Waals surface area contributed by atoms with Crippen LogP contribution in [0.1, 0.15) is 98.2 Å². The number of aryl methyl sites for hydroxylation is 3. The van der Waals surface area contributed by atoms with Gasteiger partial charge in [0.25, 0.3) is 0 Å². The molecule has 22 heavy (non-hydrogen) atoms. The fourth-order valence-electron chi connectivity index (χ4n) is 2.99. The Labute approximate surface area is 137 Å². The van der Waals surface area contributed by atoms with E-state index in [1.807, 2.05) is 0 Å². The van der Waals surface area contributed by atoms with Crippen LogP contribution in [-0.2, 0) is 0 Å². The second-order valence-electron chi connectivity index (χ2n) is 6.75. The summed E-state index contributed by atoms with van der Waals surface area (Å²) in [5, 5.41) is 0. The van der Waals surface area contributed by atoms with Crippen LogP contribution in [-0.4, -0.2) is 5.78 Å². The summed E-state index contributed by atoms with van der Waals surface area (Å²) in [6, 6.07) is 4.21. The largest absolute Gasteiger partial charge is 0.294 e. The molecule has 1 heteroatoms. The number of benzene rings is 1. The molecule has 0 bridgehead atoms. The van der Waals surface area contributed by atoms with Crippen molar-refractivity contribution in [2.45, 2.75) is 91.9 Å². The molecule has 0 aliphatic rings. The molecule has 0 N–H and O–H groups in total. The third-order valence-corrected chi connectivity index (χ3v) is 4.65. The van der Waals surface area contributed by atoms with Gasteiger partial charge in [0.1, 0.15) is 0 Å². The number of rotatable bonds is 11. The SMILES string of the molecule is CCCCCCCCCCCC(=O)c1cc(C)c(C)cc1C. The molecule has 124 valence electrons.